The van der Waals surface area contributed by atoms with E-state index in [4.69, 9.17) is 0 Å². The highest BCUT2D eigenvalue weighted by molar-refractivity contribution is 7.84. The summed E-state index contributed by atoms with van der Waals surface area (Å²) in [7, 11) is -0.908. The van der Waals surface area contributed by atoms with E-state index in [1.54, 1.807) is 6.26 Å². The monoisotopic (exact) mass is 304 g/mol. The molecule has 0 aromatic rings. The normalized spacial score (nSPS) is 25.9. The molecule has 0 aliphatic carbocycles. The standard InChI is InChI=1S/C13H24N2O4S/c1-9-5-7-15(11(8-9)12(16)17)13(18)14-6-4-10(2)20(3)19/h9-11H,4-8H2,1-3H3,(H,14,18)(H,16,17). The van der Waals surface area contributed by atoms with Gasteiger partial charge >= 0.3 is 12.0 Å². The maximum Gasteiger partial charge on any atom is 0.326 e. The Morgan fingerprint density at radius 1 is 1.50 bits per heavy atom. The molecule has 1 rings (SSSR count). The molecule has 1 aliphatic rings. The summed E-state index contributed by atoms with van der Waals surface area (Å²) in [5.41, 5.74) is 0. The van der Waals surface area contributed by atoms with Crippen molar-refractivity contribution in [2.24, 2.45) is 5.92 Å². The fourth-order valence-electron chi connectivity index (χ4n) is 2.27. The van der Waals surface area contributed by atoms with Crippen LogP contribution >= 0.6 is 0 Å². The van der Waals surface area contributed by atoms with Gasteiger partial charge in [-0.25, -0.2) is 9.59 Å². The van der Waals surface area contributed by atoms with Crippen LogP contribution in [-0.2, 0) is 15.6 Å². The van der Waals surface area contributed by atoms with Crippen molar-refractivity contribution in [3.8, 4) is 0 Å². The zero-order chi connectivity index (χ0) is 15.3. The van der Waals surface area contributed by atoms with Gasteiger partial charge in [-0.15, -0.1) is 0 Å². The third-order valence-electron chi connectivity index (χ3n) is 3.80. The minimum absolute atomic E-state index is 0.0203. The molecule has 7 heteroatoms. The topological polar surface area (TPSA) is 86.7 Å². The number of nitrogens with one attached hydrogen (secondary N) is 1. The number of carbonyl (C=O) groups is 2. The summed E-state index contributed by atoms with van der Waals surface area (Å²) in [4.78, 5) is 24.7. The van der Waals surface area contributed by atoms with E-state index in [0.29, 0.717) is 31.8 Å². The first-order valence-electron chi connectivity index (χ1n) is 6.92. The van der Waals surface area contributed by atoms with Gasteiger partial charge in [-0.2, -0.15) is 0 Å². The highest BCUT2D eigenvalue weighted by Gasteiger charge is 2.34. The second-order valence-corrected chi connectivity index (χ2v) is 7.31. The number of carboxylic acid groups (broad SMARTS) is 1. The molecule has 116 valence electrons. The lowest BCUT2D eigenvalue weighted by atomic mass is 9.93. The Balaban J connectivity index is 2.48. The quantitative estimate of drug-likeness (QED) is 0.794. The molecule has 4 atom stereocenters. The van der Waals surface area contributed by atoms with Gasteiger partial charge in [-0.1, -0.05) is 13.8 Å². The molecule has 2 amide bonds. The van der Waals surface area contributed by atoms with E-state index in [9.17, 15) is 18.9 Å². The summed E-state index contributed by atoms with van der Waals surface area (Å²) in [5, 5.41) is 11.9. The smallest absolute Gasteiger partial charge is 0.326 e. The molecule has 1 saturated heterocycles. The molecule has 1 heterocycles. The van der Waals surface area contributed by atoms with E-state index in [1.807, 2.05) is 13.8 Å². The van der Waals surface area contributed by atoms with Crippen molar-refractivity contribution in [2.45, 2.75) is 44.4 Å². The average Bonchev–Trinajstić information content (AvgIpc) is 2.37. The molecule has 0 spiro atoms. The lowest BCUT2D eigenvalue weighted by molar-refractivity contribution is -0.143. The second-order valence-electron chi connectivity index (χ2n) is 5.51. The summed E-state index contributed by atoms with van der Waals surface area (Å²) < 4.78 is 11.2. The second kappa shape index (κ2) is 7.61. The highest BCUT2D eigenvalue weighted by atomic mass is 32.2. The van der Waals surface area contributed by atoms with Crippen LogP contribution in [0.15, 0.2) is 0 Å². The van der Waals surface area contributed by atoms with E-state index in [0.717, 1.165) is 6.42 Å². The molecule has 0 radical (unpaired) electrons. The third-order valence-corrected chi connectivity index (χ3v) is 5.17. The van der Waals surface area contributed by atoms with Gasteiger partial charge in [-0.05, 0) is 25.2 Å². The van der Waals surface area contributed by atoms with Gasteiger partial charge in [-0.3, -0.25) is 4.21 Å². The Bertz CT molecular complexity index is 389. The molecule has 20 heavy (non-hydrogen) atoms. The zero-order valence-corrected chi connectivity index (χ0v) is 13.1. The first kappa shape index (κ1) is 16.9. The van der Waals surface area contributed by atoms with E-state index < -0.39 is 22.8 Å². The molecular weight excluding hydrogens is 280 g/mol. The van der Waals surface area contributed by atoms with Crippen LogP contribution in [0.25, 0.3) is 0 Å². The summed E-state index contributed by atoms with van der Waals surface area (Å²) in [6.07, 6.45) is 3.58. The van der Waals surface area contributed by atoms with Crippen LogP contribution in [-0.4, -0.2) is 56.9 Å². The molecule has 0 saturated carbocycles. The van der Waals surface area contributed by atoms with Crippen LogP contribution in [0.1, 0.15) is 33.1 Å². The first-order chi connectivity index (χ1) is 9.32. The molecule has 1 fully saturated rings. The Kier molecular flexibility index (Phi) is 6.45. The molecule has 4 unspecified atom stereocenters. The number of likely N-dealkylation sites (tertiary alicyclic amines) is 1. The van der Waals surface area contributed by atoms with Crippen molar-refractivity contribution in [1.82, 2.24) is 10.2 Å². The van der Waals surface area contributed by atoms with Gasteiger partial charge < -0.3 is 15.3 Å². The maximum absolute atomic E-state index is 12.0. The van der Waals surface area contributed by atoms with Crippen molar-refractivity contribution in [3.05, 3.63) is 0 Å². The predicted octanol–water partition coefficient (Wildman–Crippen LogP) is 1.04. The lowest BCUT2D eigenvalue weighted by Gasteiger charge is -2.35. The number of amides is 2. The van der Waals surface area contributed by atoms with Crippen LogP contribution in [0.4, 0.5) is 4.79 Å². The minimum Gasteiger partial charge on any atom is -0.480 e. The first-order valence-corrected chi connectivity index (χ1v) is 8.54. The van der Waals surface area contributed by atoms with Crippen molar-refractivity contribution < 1.29 is 18.9 Å². The number of piperidine rings is 1. The van der Waals surface area contributed by atoms with Crippen LogP contribution < -0.4 is 5.32 Å². The molecule has 0 bridgehead atoms. The number of carboxylic acids is 1. The molecule has 6 nitrogen and oxygen atoms in total. The number of carbonyl (C=O) groups excluding carboxylic acids is 1. The number of hydrogen-bond acceptors (Lipinski definition) is 3. The molecule has 1 aliphatic heterocycles. The Hall–Kier alpha value is -1.11. The predicted molar refractivity (Wildman–Crippen MR) is 78.1 cm³/mol. The van der Waals surface area contributed by atoms with Gasteiger partial charge in [0.25, 0.3) is 0 Å². The number of urea groups is 1. The van der Waals surface area contributed by atoms with Gasteiger partial charge in [0.1, 0.15) is 6.04 Å². The maximum atomic E-state index is 12.0. The summed E-state index contributed by atoms with van der Waals surface area (Å²) in [6.45, 7) is 4.76. The zero-order valence-electron chi connectivity index (χ0n) is 12.3. The van der Waals surface area contributed by atoms with E-state index >= 15 is 0 Å². The number of rotatable bonds is 5. The van der Waals surface area contributed by atoms with Crippen LogP contribution in [0, 0.1) is 5.92 Å². The van der Waals surface area contributed by atoms with Gasteiger partial charge in [0, 0.05) is 35.4 Å². The average molecular weight is 304 g/mol. The molecular formula is C13H24N2O4S. The lowest BCUT2D eigenvalue weighted by Crippen LogP contribution is -2.53. The van der Waals surface area contributed by atoms with Gasteiger partial charge in [0.05, 0.1) is 0 Å². The Labute approximate surface area is 122 Å². The number of hydrogen-bond donors (Lipinski definition) is 2. The highest BCUT2D eigenvalue weighted by Crippen LogP contribution is 2.22. The van der Waals surface area contributed by atoms with Crippen LogP contribution in [0.2, 0.25) is 0 Å². The summed E-state index contributed by atoms with van der Waals surface area (Å²) in [5.74, 6) is -0.627. The van der Waals surface area contributed by atoms with Crippen molar-refractivity contribution in [2.75, 3.05) is 19.3 Å². The van der Waals surface area contributed by atoms with Crippen molar-refractivity contribution in [3.63, 3.8) is 0 Å². The fraction of sp³-hybridized carbons (Fsp3) is 0.846. The summed E-state index contributed by atoms with van der Waals surface area (Å²) in [6, 6.07) is -1.07. The summed E-state index contributed by atoms with van der Waals surface area (Å²) >= 11 is 0. The van der Waals surface area contributed by atoms with Gasteiger partial charge in [0.2, 0.25) is 0 Å². The molecule has 0 aromatic heterocycles. The van der Waals surface area contributed by atoms with Crippen LogP contribution in [0.5, 0.6) is 0 Å². The SMILES string of the molecule is CC1CCN(C(=O)NCCC(C)S(C)=O)C(C(=O)O)C1. The van der Waals surface area contributed by atoms with E-state index in [1.165, 1.54) is 4.90 Å². The molecule has 2 N–H and O–H groups in total. The number of aliphatic carboxylic acids is 1. The minimum atomic E-state index is -0.949. The Morgan fingerprint density at radius 3 is 2.70 bits per heavy atom. The fourth-order valence-corrected chi connectivity index (χ4v) is 2.72. The third kappa shape index (κ3) is 4.77. The van der Waals surface area contributed by atoms with Crippen LogP contribution in [0.3, 0.4) is 0 Å². The van der Waals surface area contributed by atoms with E-state index in [-0.39, 0.29) is 11.3 Å². The molecule has 0 aromatic carbocycles. The van der Waals surface area contributed by atoms with E-state index in [2.05, 4.69) is 5.32 Å². The Morgan fingerprint density at radius 2 is 2.15 bits per heavy atom. The van der Waals surface area contributed by atoms with Crippen molar-refractivity contribution in [1.29, 1.82) is 0 Å². The van der Waals surface area contributed by atoms with Crippen molar-refractivity contribution >= 4 is 22.8 Å². The van der Waals surface area contributed by atoms with Gasteiger partial charge in [0.15, 0.2) is 0 Å². The largest absolute Gasteiger partial charge is 0.480 e. The number of nitrogens with zero attached hydrogens (tertiary/aromatic N) is 1.